The van der Waals surface area contributed by atoms with Crippen LogP contribution in [0.5, 0.6) is 0 Å². The Morgan fingerprint density at radius 1 is 0.914 bits per heavy atom. The van der Waals surface area contributed by atoms with Crippen molar-refractivity contribution in [3.8, 4) is 0 Å². The molecule has 0 aromatic rings. The van der Waals surface area contributed by atoms with Crippen LogP contribution in [0.3, 0.4) is 0 Å². The van der Waals surface area contributed by atoms with Crippen molar-refractivity contribution in [1.82, 2.24) is 0 Å². The molecule has 5 heteroatoms. The van der Waals surface area contributed by atoms with E-state index in [1.54, 1.807) is 13.8 Å². The summed E-state index contributed by atoms with van der Waals surface area (Å²) in [6, 6.07) is 0. The first kappa shape index (κ1) is 25.1. The molecule has 2 spiro atoms. The minimum absolute atomic E-state index is 0.00259. The number of hydrogen-bond acceptors (Lipinski definition) is 5. The molecule has 5 saturated carbocycles. The minimum Gasteiger partial charge on any atom is -0.393 e. The molecule has 0 aromatic carbocycles. The molecule has 6 rings (SSSR count). The highest BCUT2D eigenvalue weighted by atomic mass is 16.5. The molecule has 0 radical (unpaired) electrons. The number of aliphatic hydroxyl groups excluding tert-OH is 3. The number of aliphatic hydroxyl groups is 4. The summed E-state index contributed by atoms with van der Waals surface area (Å²) in [6.45, 7) is 15.0. The van der Waals surface area contributed by atoms with E-state index in [1.807, 2.05) is 0 Å². The molecule has 5 aliphatic carbocycles. The molecule has 1 heterocycles. The second-order valence-electron chi connectivity index (χ2n) is 15.7. The fraction of sp³-hybridized carbons (Fsp3) is 1.00. The van der Waals surface area contributed by atoms with Crippen molar-refractivity contribution in [3.63, 3.8) is 0 Å². The third-order valence-corrected chi connectivity index (χ3v) is 13.9. The lowest BCUT2D eigenvalue weighted by atomic mass is 9.41. The molecule has 35 heavy (non-hydrogen) atoms. The lowest BCUT2D eigenvalue weighted by Gasteiger charge is -2.63. The van der Waals surface area contributed by atoms with Gasteiger partial charge in [-0.2, -0.15) is 0 Å². The Kier molecular flexibility index (Phi) is 5.06. The zero-order valence-corrected chi connectivity index (χ0v) is 23.1. The summed E-state index contributed by atoms with van der Waals surface area (Å²) in [5.74, 6) is 1.64. The van der Waals surface area contributed by atoms with E-state index in [1.165, 1.54) is 12.8 Å². The van der Waals surface area contributed by atoms with Crippen molar-refractivity contribution in [2.24, 2.45) is 50.7 Å². The van der Waals surface area contributed by atoms with E-state index in [-0.39, 0.29) is 34.4 Å². The summed E-state index contributed by atoms with van der Waals surface area (Å²) in [5.41, 5.74) is -0.860. The van der Waals surface area contributed by atoms with Crippen LogP contribution in [0.4, 0.5) is 0 Å². The van der Waals surface area contributed by atoms with Crippen LogP contribution in [-0.2, 0) is 4.74 Å². The second-order valence-corrected chi connectivity index (χ2v) is 15.7. The lowest BCUT2D eigenvalue weighted by molar-refractivity contribution is -0.202. The molecule has 5 nitrogen and oxygen atoms in total. The lowest BCUT2D eigenvalue weighted by Crippen LogP contribution is -2.59. The molecule has 0 bridgehead atoms. The van der Waals surface area contributed by atoms with Crippen LogP contribution in [0.25, 0.3) is 0 Å². The largest absolute Gasteiger partial charge is 0.393 e. The average Bonchev–Trinajstić information content (AvgIpc) is 3.40. The highest BCUT2D eigenvalue weighted by Crippen LogP contribution is 2.89. The standard InChI is InChI=1S/C30H50O5/c1-16-14-17(23(32)26(4,5)34)35-22-21(16)27(6)12-13-30-15-29(30)11-10-20(31)25(2,3)18(29)8-9-19(30)28(27,7)24(22)33/h16-24,31-34H,8-15H2,1-7H3/t16-,17-,18+,19+,20+,21+,22+,23+,24+,27-,28-,29-,30+/m1/s1. The van der Waals surface area contributed by atoms with Gasteiger partial charge >= 0.3 is 0 Å². The van der Waals surface area contributed by atoms with Crippen LogP contribution in [-0.4, -0.2) is 56.5 Å². The first-order chi connectivity index (χ1) is 16.1. The summed E-state index contributed by atoms with van der Waals surface area (Å²) in [7, 11) is 0. The van der Waals surface area contributed by atoms with Gasteiger partial charge in [0, 0.05) is 5.41 Å². The zero-order valence-electron chi connectivity index (χ0n) is 23.1. The van der Waals surface area contributed by atoms with Crippen LogP contribution in [0.15, 0.2) is 0 Å². The Hall–Kier alpha value is -0.200. The molecule has 6 fully saturated rings. The van der Waals surface area contributed by atoms with Gasteiger partial charge in [-0.15, -0.1) is 0 Å². The highest BCUT2D eigenvalue weighted by Gasteiger charge is 2.84. The van der Waals surface area contributed by atoms with Gasteiger partial charge < -0.3 is 25.2 Å². The van der Waals surface area contributed by atoms with Crippen molar-refractivity contribution in [2.45, 2.75) is 136 Å². The van der Waals surface area contributed by atoms with E-state index in [9.17, 15) is 20.4 Å². The SMILES string of the molecule is C[C@@H]1C[C@H]([C@H](O)C(C)(C)O)O[C@H]2[C@H]1[C@@]1(C)CC[C@@]34C[C@@]35CC[C@H](O)C(C)(C)[C@@H]5CC[C@H]4[C@]1(C)[C@H]2O. The first-order valence-electron chi connectivity index (χ1n) is 14.5. The van der Waals surface area contributed by atoms with E-state index < -0.39 is 23.9 Å². The number of ether oxygens (including phenoxy) is 1. The molecule has 4 N–H and O–H groups in total. The van der Waals surface area contributed by atoms with Gasteiger partial charge in [0.05, 0.1) is 30.0 Å². The van der Waals surface area contributed by atoms with E-state index in [0.29, 0.717) is 28.6 Å². The Morgan fingerprint density at radius 2 is 1.54 bits per heavy atom. The van der Waals surface area contributed by atoms with Crippen LogP contribution < -0.4 is 0 Å². The molecule has 1 saturated heterocycles. The van der Waals surface area contributed by atoms with Gasteiger partial charge in [0.25, 0.3) is 0 Å². The van der Waals surface area contributed by atoms with Crippen LogP contribution in [0.2, 0.25) is 0 Å². The van der Waals surface area contributed by atoms with Crippen molar-refractivity contribution < 1.29 is 25.2 Å². The van der Waals surface area contributed by atoms with Gasteiger partial charge in [-0.05, 0) is 111 Å². The van der Waals surface area contributed by atoms with Gasteiger partial charge in [-0.25, -0.2) is 0 Å². The van der Waals surface area contributed by atoms with E-state index >= 15 is 0 Å². The van der Waals surface area contributed by atoms with Crippen molar-refractivity contribution in [3.05, 3.63) is 0 Å². The summed E-state index contributed by atoms with van der Waals surface area (Å²) in [4.78, 5) is 0. The van der Waals surface area contributed by atoms with Gasteiger partial charge in [-0.1, -0.05) is 34.6 Å². The maximum Gasteiger partial charge on any atom is 0.108 e. The molecule has 6 aliphatic rings. The quantitative estimate of drug-likeness (QED) is 0.464. The molecule has 0 amide bonds. The maximum atomic E-state index is 12.2. The van der Waals surface area contributed by atoms with E-state index in [2.05, 4.69) is 34.6 Å². The highest BCUT2D eigenvalue weighted by molar-refractivity contribution is 5.32. The molecular formula is C30H50O5. The summed E-state index contributed by atoms with van der Waals surface area (Å²) < 4.78 is 6.59. The van der Waals surface area contributed by atoms with E-state index in [4.69, 9.17) is 4.74 Å². The number of fused-ring (bicyclic) bond motifs is 4. The van der Waals surface area contributed by atoms with Gasteiger partial charge in [0.15, 0.2) is 0 Å². The number of rotatable bonds is 2. The third kappa shape index (κ3) is 2.73. The smallest absolute Gasteiger partial charge is 0.108 e. The molecule has 13 atom stereocenters. The van der Waals surface area contributed by atoms with Crippen molar-refractivity contribution >= 4 is 0 Å². The Bertz CT molecular complexity index is 896. The number of hydrogen-bond donors (Lipinski definition) is 4. The molecule has 1 aliphatic heterocycles. The summed E-state index contributed by atoms with van der Waals surface area (Å²) >= 11 is 0. The van der Waals surface area contributed by atoms with Gasteiger partial charge in [-0.3, -0.25) is 0 Å². The minimum atomic E-state index is -1.23. The van der Waals surface area contributed by atoms with Crippen LogP contribution in [0.1, 0.15) is 99.8 Å². The fourth-order valence-corrected chi connectivity index (χ4v) is 12.0. The predicted molar refractivity (Wildman–Crippen MR) is 134 cm³/mol. The molecular weight excluding hydrogens is 440 g/mol. The predicted octanol–water partition coefficient (Wildman–Crippen LogP) is 4.29. The molecule has 200 valence electrons. The van der Waals surface area contributed by atoms with Crippen molar-refractivity contribution in [1.29, 1.82) is 0 Å². The Morgan fingerprint density at radius 3 is 2.20 bits per heavy atom. The van der Waals surface area contributed by atoms with Gasteiger partial charge in [0.1, 0.15) is 6.10 Å². The molecule has 0 aromatic heterocycles. The zero-order chi connectivity index (χ0) is 25.6. The average molecular weight is 491 g/mol. The van der Waals surface area contributed by atoms with Gasteiger partial charge in [0.2, 0.25) is 0 Å². The van der Waals surface area contributed by atoms with E-state index in [0.717, 1.165) is 38.5 Å². The normalized spacial score (nSPS) is 59.4. The van der Waals surface area contributed by atoms with Crippen molar-refractivity contribution in [2.75, 3.05) is 0 Å². The molecule has 0 unspecified atom stereocenters. The summed E-state index contributed by atoms with van der Waals surface area (Å²) in [5, 5.41) is 44.4. The van der Waals surface area contributed by atoms with Crippen LogP contribution >= 0.6 is 0 Å². The topological polar surface area (TPSA) is 90.2 Å². The fourth-order valence-electron chi connectivity index (χ4n) is 12.0. The summed E-state index contributed by atoms with van der Waals surface area (Å²) in [6.07, 6.45) is 6.23. The third-order valence-electron chi connectivity index (χ3n) is 13.9. The Balaban J connectivity index is 1.36. The Labute approximate surface area is 212 Å². The van der Waals surface area contributed by atoms with Crippen LogP contribution in [0, 0.1) is 50.7 Å². The maximum absolute atomic E-state index is 12.2. The monoisotopic (exact) mass is 490 g/mol. The second kappa shape index (κ2) is 7.05. The first-order valence-corrected chi connectivity index (χ1v) is 14.5.